The highest BCUT2D eigenvalue weighted by Crippen LogP contribution is 2.14. The molecule has 0 bridgehead atoms. The first-order valence-electron chi connectivity index (χ1n) is 5.33. The first-order valence-corrected chi connectivity index (χ1v) is 5.33. The van der Waals surface area contributed by atoms with Gasteiger partial charge in [0.1, 0.15) is 12.4 Å². The lowest BCUT2D eigenvalue weighted by atomic mass is 10.1. The Balaban J connectivity index is 2.12. The van der Waals surface area contributed by atoms with E-state index in [-0.39, 0.29) is 0 Å². The van der Waals surface area contributed by atoms with E-state index in [2.05, 4.69) is 0 Å². The van der Waals surface area contributed by atoms with Gasteiger partial charge in [-0.15, -0.1) is 0 Å². The molecule has 0 aliphatic heterocycles. The van der Waals surface area contributed by atoms with Crippen LogP contribution in [0.3, 0.4) is 0 Å². The van der Waals surface area contributed by atoms with E-state index in [1.165, 1.54) is 0 Å². The van der Waals surface area contributed by atoms with E-state index in [1.54, 1.807) is 12.1 Å². The molecule has 2 aromatic carbocycles. The number of amides is 1. The molecule has 3 nitrogen and oxygen atoms in total. The van der Waals surface area contributed by atoms with Crippen molar-refractivity contribution in [3.8, 4) is 5.75 Å². The molecule has 17 heavy (non-hydrogen) atoms. The first-order chi connectivity index (χ1) is 8.27. The van der Waals surface area contributed by atoms with Crippen molar-refractivity contribution in [2.45, 2.75) is 6.61 Å². The Morgan fingerprint density at radius 1 is 1.00 bits per heavy atom. The number of hydrogen-bond acceptors (Lipinski definition) is 2. The van der Waals surface area contributed by atoms with Crippen LogP contribution in [0, 0.1) is 0 Å². The first kappa shape index (κ1) is 11.2. The number of ether oxygens (including phenoxy) is 1. The van der Waals surface area contributed by atoms with Crippen LogP contribution in [0.5, 0.6) is 5.75 Å². The molecule has 86 valence electrons. The third kappa shape index (κ3) is 2.84. The van der Waals surface area contributed by atoms with Gasteiger partial charge in [-0.1, -0.05) is 36.4 Å². The summed E-state index contributed by atoms with van der Waals surface area (Å²) < 4.78 is 5.58. The van der Waals surface area contributed by atoms with E-state index in [0.717, 1.165) is 11.3 Å². The SMILES string of the molecule is NC(=O)c1ccccc1COc1ccccc1. The van der Waals surface area contributed by atoms with Crippen LogP contribution in [-0.4, -0.2) is 5.91 Å². The monoisotopic (exact) mass is 227 g/mol. The molecule has 2 N–H and O–H groups in total. The molecule has 0 spiro atoms. The second-order valence-electron chi connectivity index (χ2n) is 3.62. The number of hydrogen-bond donors (Lipinski definition) is 1. The van der Waals surface area contributed by atoms with Crippen LogP contribution in [0.1, 0.15) is 15.9 Å². The molecule has 0 aromatic heterocycles. The maximum absolute atomic E-state index is 11.2. The molecule has 0 saturated carbocycles. The summed E-state index contributed by atoms with van der Waals surface area (Å²) in [5.74, 6) is 0.337. The van der Waals surface area contributed by atoms with Gasteiger partial charge in [0.15, 0.2) is 0 Å². The number of rotatable bonds is 4. The molecule has 0 saturated heterocycles. The average molecular weight is 227 g/mol. The fourth-order valence-electron chi connectivity index (χ4n) is 1.56. The van der Waals surface area contributed by atoms with Gasteiger partial charge in [0.25, 0.3) is 0 Å². The Labute approximate surface area is 99.8 Å². The van der Waals surface area contributed by atoms with Crippen molar-refractivity contribution in [3.05, 3.63) is 65.7 Å². The predicted molar refractivity (Wildman–Crippen MR) is 65.7 cm³/mol. The number of benzene rings is 2. The zero-order valence-corrected chi connectivity index (χ0v) is 9.30. The fraction of sp³-hybridized carbons (Fsp3) is 0.0714. The number of primary amides is 1. The van der Waals surface area contributed by atoms with Gasteiger partial charge in [0.05, 0.1) is 0 Å². The van der Waals surface area contributed by atoms with Crippen molar-refractivity contribution in [2.24, 2.45) is 5.73 Å². The van der Waals surface area contributed by atoms with E-state index in [0.29, 0.717) is 12.2 Å². The van der Waals surface area contributed by atoms with E-state index in [9.17, 15) is 4.79 Å². The zero-order chi connectivity index (χ0) is 12.1. The van der Waals surface area contributed by atoms with Gasteiger partial charge < -0.3 is 10.5 Å². The van der Waals surface area contributed by atoms with Gasteiger partial charge >= 0.3 is 0 Å². The summed E-state index contributed by atoms with van der Waals surface area (Å²) in [5, 5.41) is 0. The summed E-state index contributed by atoms with van der Waals surface area (Å²) in [6, 6.07) is 16.6. The molecule has 2 aromatic rings. The minimum Gasteiger partial charge on any atom is -0.489 e. The largest absolute Gasteiger partial charge is 0.489 e. The third-order valence-corrected chi connectivity index (χ3v) is 2.42. The average Bonchev–Trinajstić information content (AvgIpc) is 2.38. The Kier molecular flexibility index (Phi) is 3.40. The second kappa shape index (κ2) is 5.16. The maximum atomic E-state index is 11.2. The lowest BCUT2D eigenvalue weighted by molar-refractivity contribution is 0.0998. The van der Waals surface area contributed by atoms with Crippen LogP contribution in [0.15, 0.2) is 54.6 Å². The molecule has 0 aliphatic rings. The molecular weight excluding hydrogens is 214 g/mol. The van der Waals surface area contributed by atoms with Crippen LogP contribution in [0.4, 0.5) is 0 Å². The predicted octanol–water partition coefficient (Wildman–Crippen LogP) is 2.36. The van der Waals surface area contributed by atoms with Crippen molar-refractivity contribution in [3.63, 3.8) is 0 Å². The van der Waals surface area contributed by atoms with Gasteiger partial charge in [-0.05, 0) is 18.2 Å². The van der Waals surface area contributed by atoms with Crippen LogP contribution >= 0.6 is 0 Å². The normalized spacial score (nSPS) is 9.88. The van der Waals surface area contributed by atoms with Crippen molar-refractivity contribution >= 4 is 5.91 Å². The summed E-state index contributed by atoms with van der Waals surface area (Å²) in [7, 11) is 0. The molecule has 1 amide bonds. The quantitative estimate of drug-likeness (QED) is 0.871. The van der Waals surface area contributed by atoms with E-state index < -0.39 is 5.91 Å². The highest BCUT2D eigenvalue weighted by atomic mass is 16.5. The summed E-state index contributed by atoms with van der Waals surface area (Å²) in [6.07, 6.45) is 0. The van der Waals surface area contributed by atoms with E-state index in [1.807, 2.05) is 42.5 Å². The summed E-state index contributed by atoms with van der Waals surface area (Å²) >= 11 is 0. The number of nitrogens with two attached hydrogens (primary N) is 1. The Bertz CT molecular complexity index is 509. The molecule has 0 fully saturated rings. The highest BCUT2D eigenvalue weighted by molar-refractivity contribution is 5.94. The number of para-hydroxylation sites is 1. The van der Waals surface area contributed by atoms with E-state index >= 15 is 0 Å². The lowest BCUT2D eigenvalue weighted by Gasteiger charge is -2.08. The fourth-order valence-corrected chi connectivity index (χ4v) is 1.56. The third-order valence-electron chi connectivity index (χ3n) is 2.42. The smallest absolute Gasteiger partial charge is 0.249 e. The van der Waals surface area contributed by atoms with Crippen LogP contribution in [0.25, 0.3) is 0 Å². The Hall–Kier alpha value is -2.29. The molecule has 0 unspecified atom stereocenters. The molecule has 0 aliphatic carbocycles. The molecular formula is C14H13NO2. The Morgan fingerprint density at radius 2 is 1.65 bits per heavy atom. The van der Waals surface area contributed by atoms with Crippen LogP contribution in [-0.2, 0) is 6.61 Å². The van der Waals surface area contributed by atoms with Gasteiger partial charge in [0.2, 0.25) is 5.91 Å². The Morgan fingerprint density at radius 3 is 2.35 bits per heavy atom. The molecule has 3 heteroatoms. The van der Waals surface area contributed by atoms with E-state index in [4.69, 9.17) is 10.5 Å². The number of carbonyl (C=O) groups excluding carboxylic acids is 1. The van der Waals surface area contributed by atoms with Crippen molar-refractivity contribution in [2.75, 3.05) is 0 Å². The van der Waals surface area contributed by atoms with Gasteiger partial charge in [-0.2, -0.15) is 0 Å². The second-order valence-corrected chi connectivity index (χ2v) is 3.62. The molecule has 0 heterocycles. The van der Waals surface area contributed by atoms with Gasteiger partial charge in [-0.25, -0.2) is 0 Å². The van der Waals surface area contributed by atoms with Crippen LogP contribution in [0.2, 0.25) is 0 Å². The summed E-state index contributed by atoms with van der Waals surface area (Å²) in [4.78, 5) is 11.2. The zero-order valence-electron chi connectivity index (χ0n) is 9.30. The van der Waals surface area contributed by atoms with Crippen molar-refractivity contribution < 1.29 is 9.53 Å². The topological polar surface area (TPSA) is 52.3 Å². The number of carbonyl (C=O) groups is 1. The maximum Gasteiger partial charge on any atom is 0.249 e. The molecule has 0 radical (unpaired) electrons. The van der Waals surface area contributed by atoms with Gasteiger partial charge in [-0.3, -0.25) is 4.79 Å². The van der Waals surface area contributed by atoms with Crippen LogP contribution < -0.4 is 10.5 Å². The minimum absolute atomic E-state index is 0.336. The summed E-state index contributed by atoms with van der Waals surface area (Å²) in [5.41, 5.74) is 6.59. The highest BCUT2D eigenvalue weighted by Gasteiger charge is 2.07. The molecule has 0 atom stereocenters. The van der Waals surface area contributed by atoms with Crippen molar-refractivity contribution in [1.29, 1.82) is 0 Å². The van der Waals surface area contributed by atoms with Gasteiger partial charge in [0, 0.05) is 11.1 Å². The lowest BCUT2D eigenvalue weighted by Crippen LogP contribution is -2.14. The standard InChI is InChI=1S/C14H13NO2/c15-14(16)13-9-5-4-6-11(13)10-17-12-7-2-1-3-8-12/h1-9H,10H2,(H2,15,16). The molecule has 2 rings (SSSR count). The minimum atomic E-state index is -0.433. The summed E-state index contributed by atoms with van der Waals surface area (Å²) in [6.45, 7) is 0.336. The van der Waals surface area contributed by atoms with Crippen molar-refractivity contribution in [1.82, 2.24) is 0 Å².